The lowest BCUT2D eigenvalue weighted by Crippen LogP contribution is -2.06. The second kappa shape index (κ2) is 6.25. The van der Waals surface area contributed by atoms with Crippen molar-refractivity contribution in [3.05, 3.63) is 57.6 Å². The van der Waals surface area contributed by atoms with E-state index in [1.165, 1.54) is 25.3 Å². The lowest BCUT2D eigenvalue weighted by atomic mass is 9.96. The largest absolute Gasteiger partial charge is 0.496 e. The van der Waals surface area contributed by atoms with Crippen LogP contribution in [0, 0.1) is 10.1 Å². The average Bonchev–Trinajstić information content (AvgIpc) is 2.52. The van der Waals surface area contributed by atoms with E-state index in [1.807, 2.05) is 0 Å². The fourth-order valence-electron chi connectivity index (χ4n) is 2.18. The lowest BCUT2D eigenvalue weighted by molar-refractivity contribution is -0.384. The van der Waals surface area contributed by atoms with E-state index in [2.05, 4.69) is 0 Å². The highest BCUT2D eigenvalue weighted by atomic mass is 19.4. The van der Waals surface area contributed by atoms with Gasteiger partial charge in [-0.15, -0.1) is 0 Å². The third-order valence-corrected chi connectivity index (χ3v) is 3.29. The molecule has 0 amide bonds. The number of hydrogen-bond donors (Lipinski definition) is 1. The zero-order valence-corrected chi connectivity index (χ0v) is 11.9. The topological polar surface area (TPSA) is 72.6 Å². The van der Waals surface area contributed by atoms with Crippen molar-refractivity contribution in [2.75, 3.05) is 7.11 Å². The highest BCUT2D eigenvalue weighted by molar-refractivity contribution is 5.76. The molecule has 1 N–H and O–H groups in total. The first-order valence-electron chi connectivity index (χ1n) is 6.41. The molecule has 0 fully saturated rings. The maximum absolute atomic E-state index is 12.8. The highest BCUT2D eigenvalue weighted by Gasteiger charge is 2.31. The first-order chi connectivity index (χ1) is 10.8. The molecule has 0 aromatic heterocycles. The van der Waals surface area contributed by atoms with Gasteiger partial charge in [0.15, 0.2) is 0 Å². The molecule has 0 atom stereocenters. The molecule has 0 aliphatic rings. The van der Waals surface area contributed by atoms with Crippen LogP contribution in [0.4, 0.5) is 18.9 Å². The number of halogens is 3. The van der Waals surface area contributed by atoms with E-state index in [1.54, 1.807) is 0 Å². The van der Waals surface area contributed by atoms with Crippen molar-refractivity contribution >= 4 is 5.69 Å². The minimum Gasteiger partial charge on any atom is -0.496 e. The Morgan fingerprint density at radius 2 is 1.87 bits per heavy atom. The monoisotopic (exact) mass is 327 g/mol. The van der Waals surface area contributed by atoms with Gasteiger partial charge in [-0.05, 0) is 29.3 Å². The van der Waals surface area contributed by atoms with Gasteiger partial charge in [-0.2, -0.15) is 13.2 Å². The van der Waals surface area contributed by atoms with Crippen molar-refractivity contribution in [3.8, 4) is 16.9 Å². The number of nitro benzene ring substituents is 1. The number of ether oxygens (including phenoxy) is 1. The maximum Gasteiger partial charge on any atom is 0.416 e. The molecule has 0 aliphatic heterocycles. The van der Waals surface area contributed by atoms with Crippen LogP contribution in [0.5, 0.6) is 5.75 Å². The number of aliphatic hydroxyl groups is 1. The van der Waals surface area contributed by atoms with Crippen LogP contribution in [0.15, 0.2) is 36.4 Å². The number of nitro groups is 1. The molecule has 0 saturated carbocycles. The van der Waals surface area contributed by atoms with Gasteiger partial charge in [0.25, 0.3) is 5.69 Å². The predicted molar refractivity (Wildman–Crippen MR) is 76.0 cm³/mol. The van der Waals surface area contributed by atoms with Crippen molar-refractivity contribution in [1.29, 1.82) is 0 Å². The fraction of sp³-hybridized carbons (Fsp3) is 0.200. The Hall–Kier alpha value is -2.61. The standard InChI is InChI=1S/C15H12F3NO4/c1-23-14-5-3-11(19(21)22)7-13(14)12-4-2-10(15(16,17)18)6-9(12)8-20/h2-7,20H,8H2,1H3. The van der Waals surface area contributed by atoms with Gasteiger partial charge in [0, 0.05) is 17.7 Å². The van der Waals surface area contributed by atoms with Crippen molar-refractivity contribution < 1.29 is 27.9 Å². The highest BCUT2D eigenvalue weighted by Crippen LogP contribution is 2.38. The molecule has 8 heteroatoms. The molecule has 0 spiro atoms. The fourth-order valence-corrected chi connectivity index (χ4v) is 2.18. The van der Waals surface area contributed by atoms with Crippen molar-refractivity contribution in [2.45, 2.75) is 12.8 Å². The first kappa shape index (κ1) is 16.8. The normalized spacial score (nSPS) is 11.3. The molecule has 2 aromatic carbocycles. The van der Waals surface area contributed by atoms with Crippen LogP contribution in [0.3, 0.4) is 0 Å². The Bertz CT molecular complexity index is 744. The van der Waals surface area contributed by atoms with E-state index in [9.17, 15) is 28.4 Å². The maximum atomic E-state index is 12.8. The lowest BCUT2D eigenvalue weighted by Gasteiger charge is -2.14. The van der Waals surface area contributed by atoms with Crippen LogP contribution in [0.1, 0.15) is 11.1 Å². The van der Waals surface area contributed by atoms with Gasteiger partial charge in [-0.1, -0.05) is 6.07 Å². The number of nitrogens with zero attached hydrogens (tertiary/aromatic N) is 1. The minimum absolute atomic E-state index is 0.00128. The Labute approximate surface area is 129 Å². The second-order valence-corrected chi connectivity index (χ2v) is 4.67. The summed E-state index contributed by atoms with van der Waals surface area (Å²) in [6, 6.07) is 6.61. The Morgan fingerprint density at radius 1 is 1.17 bits per heavy atom. The van der Waals surface area contributed by atoms with Crippen LogP contribution >= 0.6 is 0 Å². The Balaban J connectivity index is 2.66. The van der Waals surface area contributed by atoms with Gasteiger partial charge in [0.1, 0.15) is 5.75 Å². The van der Waals surface area contributed by atoms with E-state index in [-0.39, 0.29) is 28.1 Å². The summed E-state index contributed by atoms with van der Waals surface area (Å²) < 4.78 is 43.4. The van der Waals surface area contributed by atoms with Crippen molar-refractivity contribution in [3.63, 3.8) is 0 Å². The molecule has 5 nitrogen and oxygen atoms in total. The third-order valence-electron chi connectivity index (χ3n) is 3.29. The number of aliphatic hydroxyl groups excluding tert-OH is 1. The summed E-state index contributed by atoms with van der Waals surface area (Å²) in [6.07, 6.45) is -4.55. The molecule has 122 valence electrons. The zero-order valence-electron chi connectivity index (χ0n) is 11.9. The van der Waals surface area contributed by atoms with Crippen molar-refractivity contribution in [1.82, 2.24) is 0 Å². The van der Waals surface area contributed by atoms with Gasteiger partial charge in [0.05, 0.1) is 24.2 Å². The summed E-state index contributed by atoms with van der Waals surface area (Å²) in [4.78, 5) is 10.3. The van der Waals surface area contributed by atoms with Crippen LogP contribution in [0.2, 0.25) is 0 Å². The summed E-state index contributed by atoms with van der Waals surface area (Å²) in [6.45, 7) is -0.648. The summed E-state index contributed by atoms with van der Waals surface area (Å²) in [5.74, 6) is 0.255. The quantitative estimate of drug-likeness (QED) is 0.685. The Kier molecular flexibility index (Phi) is 4.55. The number of rotatable bonds is 4. The van der Waals surface area contributed by atoms with Crippen LogP contribution in [-0.2, 0) is 12.8 Å². The molecule has 0 saturated heterocycles. The number of hydrogen-bond acceptors (Lipinski definition) is 4. The molecule has 0 aliphatic carbocycles. The third kappa shape index (κ3) is 3.42. The Morgan fingerprint density at radius 3 is 2.39 bits per heavy atom. The summed E-state index contributed by atoms with van der Waals surface area (Å²) >= 11 is 0. The first-order valence-corrected chi connectivity index (χ1v) is 6.41. The van der Waals surface area contributed by atoms with Gasteiger partial charge in [-0.25, -0.2) is 0 Å². The minimum atomic E-state index is -4.55. The van der Waals surface area contributed by atoms with Gasteiger partial charge in [0.2, 0.25) is 0 Å². The van der Waals surface area contributed by atoms with Crippen LogP contribution < -0.4 is 4.74 Å². The number of benzene rings is 2. The van der Waals surface area contributed by atoms with E-state index in [0.29, 0.717) is 0 Å². The molecule has 0 bridgehead atoms. The second-order valence-electron chi connectivity index (χ2n) is 4.67. The van der Waals surface area contributed by atoms with Crippen LogP contribution in [0.25, 0.3) is 11.1 Å². The molecular formula is C15H12F3NO4. The summed E-state index contributed by atoms with van der Waals surface area (Å²) in [7, 11) is 1.34. The smallest absolute Gasteiger partial charge is 0.416 e. The van der Waals surface area contributed by atoms with Gasteiger partial charge in [-0.3, -0.25) is 10.1 Å². The molecule has 0 heterocycles. The summed E-state index contributed by atoms with van der Waals surface area (Å²) in [5.41, 5.74) is -0.668. The number of non-ortho nitro benzene ring substituents is 1. The average molecular weight is 327 g/mol. The molecule has 2 aromatic rings. The molecule has 2 rings (SSSR count). The van der Waals surface area contributed by atoms with Gasteiger partial charge < -0.3 is 9.84 Å². The molecule has 23 heavy (non-hydrogen) atoms. The zero-order chi connectivity index (χ0) is 17.2. The number of methoxy groups -OCH3 is 1. The van der Waals surface area contributed by atoms with E-state index >= 15 is 0 Å². The molecular weight excluding hydrogens is 315 g/mol. The SMILES string of the molecule is COc1ccc([N+](=O)[O-])cc1-c1ccc(C(F)(F)F)cc1CO. The molecule has 0 radical (unpaired) electrons. The van der Waals surface area contributed by atoms with E-state index < -0.39 is 23.3 Å². The summed E-state index contributed by atoms with van der Waals surface area (Å²) in [5, 5.41) is 20.3. The number of alkyl halides is 3. The van der Waals surface area contributed by atoms with Crippen LogP contribution in [-0.4, -0.2) is 17.1 Å². The predicted octanol–water partition coefficient (Wildman–Crippen LogP) is 3.78. The van der Waals surface area contributed by atoms with Gasteiger partial charge >= 0.3 is 6.18 Å². The van der Waals surface area contributed by atoms with Crippen molar-refractivity contribution in [2.24, 2.45) is 0 Å². The van der Waals surface area contributed by atoms with E-state index in [4.69, 9.17) is 4.74 Å². The molecule has 0 unspecified atom stereocenters. The van der Waals surface area contributed by atoms with E-state index in [0.717, 1.165) is 18.2 Å².